The van der Waals surface area contributed by atoms with E-state index >= 15 is 0 Å². The standard InChI is InChI=1S/C9H21NOS.C9H21N.C8H19NOS.C8H18OS.C2H6/c1-8(2,3)12(11,10-7)9(4,5)6;1-8(2,3)10(7)9(4,5)6;1-7(2,3)11(9,10)8(4,5)6;1-7(2,3)10(9)8(4,5)6;1-2/h1-7H3;1-7H3;9H,1-6H3;1-6H3;1-2H3. The highest BCUT2D eigenvalue weighted by Crippen LogP contribution is 2.31. The van der Waals surface area contributed by atoms with E-state index in [2.05, 4.69) is 57.9 Å². The summed E-state index contributed by atoms with van der Waals surface area (Å²) in [6.07, 6.45) is 0. The average molecular weight is 704 g/mol. The van der Waals surface area contributed by atoms with Crippen LogP contribution in [0.15, 0.2) is 4.36 Å². The minimum atomic E-state index is -2.51. The summed E-state index contributed by atoms with van der Waals surface area (Å²) in [6, 6.07) is 0. The first-order chi connectivity index (χ1) is 18.9. The average Bonchev–Trinajstić information content (AvgIpc) is 2.74. The summed E-state index contributed by atoms with van der Waals surface area (Å²) in [4.78, 5) is 2.38. The molecule has 0 aromatic heterocycles. The minimum Gasteiger partial charge on any atom is -0.297 e. The molecule has 45 heavy (non-hydrogen) atoms. The molecule has 0 spiro atoms. The quantitative estimate of drug-likeness (QED) is 0.272. The van der Waals surface area contributed by atoms with Gasteiger partial charge in [0.25, 0.3) is 0 Å². The molecule has 6 nitrogen and oxygen atoms in total. The van der Waals surface area contributed by atoms with Crippen molar-refractivity contribution in [3.8, 4) is 0 Å². The number of nitrogens with one attached hydrogen (secondary N) is 1. The van der Waals surface area contributed by atoms with Gasteiger partial charge in [0.1, 0.15) is 0 Å². The van der Waals surface area contributed by atoms with Crippen molar-refractivity contribution < 1.29 is 12.6 Å². The summed E-state index contributed by atoms with van der Waals surface area (Å²) in [7, 11) is -1.58. The van der Waals surface area contributed by atoms with Crippen LogP contribution in [0, 0.1) is 4.78 Å². The molecule has 9 heteroatoms. The highest BCUT2D eigenvalue weighted by molar-refractivity contribution is 7.96. The van der Waals surface area contributed by atoms with Crippen molar-refractivity contribution in [2.75, 3.05) is 14.1 Å². The van der Waals surface area contributed by atoms with Gasteiger partial charge in [-0.1, -0.05) is 13.8 Å². The molecule has 0 bridgehead atoms. The molecular formula is C36H85N3O3S3. The van der Waals surface area contributed by atoms with Crippen molar-refractivity contribution in [3.63, 3.8) is 0 Å². The lowest BCUT2D eigenvalue weighted by molar-refractivity contribution is 0.0700. The molecule has 0 heterocycles. The van der Waals surface area contributed by atoms with E-state index in [4.69, 9.17) is 4.78 Å². The van der Waals surface area contributed by atoms with Crippen LogP contribution in [0.25, 0.3) is 0 Å². The zero-order valence-corrected chi connectivity index (χ0v) is 38.3. The van der Waals surface area contributed by atoms with Crippen LogP contribution in [-0.4, -0.2) is 71.2 Å². The second-order valence-corrected chi connectivity index (χ2v) is 29.5. The fraction of sp³-hybridized carbons (Fsp3) is 1.00. The molecule has 0 radical (unpaired) electrons. The Morgan fingerprint density at radius 2 is 0.711 bits per heavy atom. The molecule has 0 saturated carbocycles. The van der Waals surface area contributed by atoms with E-state index in [0.29, 0.717) is 0 Å². The van der Waals surface area contributed by atoms with Gasteiger partial charge in [-0.05, 0) is 173 Å². The number of rotatable bonds is 0. The van der Waals surface area contributed by atoms with Crippen LogP contribution < -0.4 is 0 Å². The smallest absolute Gasteiger partial charge is 0.0564 e. The number of hydrogen-bond donors (Lipinski definition) is 1. The number of hydrogen-bond acceptors (Lipinski definition) is 6. The molecule has 0 unspecified atom stereocenters. The summed E-state index contributed by atoms with van der Waals surface area (Å²) < 4.78 is 46.3. The van der Waals surface area contributed by atoms with Gasteiger partial charge in [-0.2, -0.15) is 0 Å². The molecule has 0 rings (SSSR count). The van der Waals surface area contributed by atoms with Crippen molar-refractivity contribution >= 4 is 30.3 Å². The van der Waals surface area contributed by atoms with E-state index in [1.165, 1.54) is 0 Å². The lowest BCUT2D eigenvalue weighted by Gasteiger charge is -2.42. The Labute approximate surface area is 289 Å². The molecule has 0 fully saturated rings. The summed E-state index contributed by atoms with van der Waals surface area (Å²) in [6.45, 7) is 52.5. The van der Waals surface area contributed by atoms with E-state index in [-0.39, 0.29) is 30.1 Å². The molecule has 0 amide bonds. The fourth-order valence-electron chi connectivity index (χ4n) is 4.31. The Hall–Kier alpha value is 0.01000. The topological polar surface area (TPSA) is 90.7 Å². The molecule has 0 aliphatic rings. The van der Waals surface area contributed by atoms with Gasteiger partial charge in [-0.25, -0.2) is 12.8 Å². The van der Waals surface area contributed by atoms with E-state index < -0.39 is 39.8 Å². The van der Waals surface area contributed by atoms with Crippen LogP contribution in [0.2, 0.25) is 0 Å². The zero-order chi connectivity index (χ0) is 38.9. The highest BCUT2D eigenvalue weighted by Gasteiger charge is 2.37. The fourth-order valence-corrected chi connectivity index (χ4v) is 10.9. The van der Waals surface area contributed by atoms with Gasteiger partial charge >= 0.3 is 0 Å². The minimum absolute atomic E-state index is 0.0851. The van der Waals surface area contributed by atoms with Crippen LogP contribution in [0.3, 0.4) is 0 Å². The van der Waals surface area contributed by atoms with Crippen molar-refractivity contribution in [3.05, 3.63) is 0 Å². The molecule has 280 valence electrons. The second-order valence-electron chi connectivity index (χ2n) is 19.1. The monoisotopic (exact) mass is 704 g/mol. The summed E-state index contributed by atoms with van der Waals surface area (Å²) >= 11 is 0. The number of nitrogens with zero attached hydrogens (tertiary/aromatic N) is 2. The van der Waals surface area contributed by atoms with Crippen molar-refractivity contribution in [2.24, 2.45) is 4.36 Å². The first-order valence-electron chi connectivity index (χ1n) is 16.5. The SMILES string of the molecule is CC.CC(C)(C)S(=N)(=O)C(C)(C)C.CC(C)(C)S(=O)C(C)(C)C.CN(C(C)(C)C)C(C)(C)C.CN=S(=O)(C(C)(C)C)C(C)(C)C. The van der Waals surface area contributed by atoms with Crippen LogP contribution in [0.4, 0.5) is 0 Å². The molecule has 0 aliphatic heterocycles. The maximum absolute atomic E-state index is 12.4. The third kappa shape index (κ3) is 19.6. The lowest BCUT2D eigenvalue weighted by Crippen LogP contribution is -2.49. The van der Waals surface area contributed by atoms with Gasteiger partial charge in [0, 0.05) is 57.4 Å². The van der Waals surface area contributed by atoms with E-state index in [0.717, 1.165) is 0 Å². The maximum atomic E-state index is 12.4. The van der Waals surface area contributed by atoms with Gasteiger partial charge in [0.15, 0.2) is 0 Å². The molecular weight excluding hydrogens is 619 g/mol. The van der Waals surface area contributed by atoms with Crippen molar-refractivity contribution in [1.29, 1.82) is 4.78 Å². The largest absolute Gasteiger partial charge is 0.297 e. The van der Waals surface area contributed by atoms with Gasteiger partial charge in [0.05, 0.1) is 19.5 Å². The first-order valence-corrected chi connectivity index (χ1v) is 20.7. The van der Waals surface area contributed by atoms with E-state index in [9.17, 15) is 12.6 Å². The Balaban J connectivity index is -0.000000155. The van der Waals surface area contributed by atoms with Gasteiger partial charge in [0.2, 0.25) is 0 Å². The van der Waals surface area contributed by atoms with Crippen LogP contribution >= 0.6 is 0 Å². The van der Waals surface area contributed by atoms with Crippen molar-refractivity contribution in [1.82, 2.24) is 4.90 Å². The Kier molecular flexibility index (Phi) is 21.9. The van der Waals surface area contributed by atoms with Gasteiger partial charge in [-0.15, -0.1) is 0 Å². The van der Waals surface area contributed by atoms with Gasteiger partial charge in [-0.3, -0.25) is 13.9 Å². The van der Waals surface area contributed by atoms with Crippen LogP contribution in [0.1, 0.15) is 180 Å². The second kappa shape index (κ2) is 18.1. The predicted molar refractivity (Wildman–Crippen MR) is 213 cm³/mol. The molecule has 1 N–H and O–H groups in total. The molecule has 0 aliphatic carbocycles. The van der Waals surface area contributed by atoms with Gasteiger partial charge < -0.3 is 0 Å². The highest BCUT2D eigenvalue weighted by atomic mass is 32.2. The molecule has 0 aromatic rings. The Morgan fingerprint density at radius 1 is 0.511 bits per heavy atom. The zero-order valence-electron chi connectivity index (χ0n) is 35.8. The third-order valence-corrected chi connectivity index (χ3v) is 16.3. The van der Waals surface area contributed by atoms with Crippen LogP contribution in [0.5, 0.6) is 0 Å². The maximum Gasteiger partial charge on any atom is 0.0564 e. The normalized spacial score (nSPS) is 14.1. The summed E-state index contributed by atoms with van der Waals surface area (Å²) in [5.74, 6) is 0. The first kappa shape index (κ1) is 54.5. The summed E-state index contributed by atoms with van der Waals surface area (Å²) in [5.41, 5.74) is 0.552. The summed E-state index contributed by atoms with van der Waals surface area (Å²) in [5, 5.41) is 0. The van der Waals surface area contributed by atoms with Crippen LogP contribution in [-0.2, 0) is 30.3 Å². The lowest BCUT2D eigenvalue weighted by atomic mass is 9.98. The Morgan fingerprint density at radius 3 is 0.711 bits per heavy atom. The predicted octanol–water partition coefficient (Wildman–Crippen LogP) is 11.2. The third-order valence-electron chi connectivity index (χ3n) is 6.77. The molecule has 0 atom stereocenters. The van der Waals surface area contributed by atoms with E-state index in [1.807, 2.05) is 138 Å². The van der Waals surface area contributed by atoms with Crippen molar-refractivity contribution in [2.45, 2.75) is 220 Å². The van der Waals surface area contributed by atoms with E-state index in [1.54, 1.807) is 7.05 Å². The Bertz CT molecular complexity index is 1010. The molecule has 0 saturated heterocycles. The molecule has 0 aromatic carbocycles.